The van der Waals surface area contributed by atoms with E-state index in [-0.39, 0.29) is 12.2 Å². The summed E-state index contributed by atoms with van der Waals surface area (Å²) in [4.78, 5) is 12.6. The van der Waals surface area contributed by atoms with Crippen LogP contribution in [0.1, 0.15) is 21.5 Å². The molecule has 0 saturated heterocycles. The summed E-state index contributed by atoms with van der Waals surface area (Å²) in [5.41, 5.74) is 0.905. The van der Waals surface area contributed by atoms with Gasteiger partial charge in [-0.05, 0) is 31.2 Å². The molecule has 0 amide bonds. The van der Waals surface area contributed by atoms with E-state index in [9.17, 15) is 18.0 Å². The third-order valence-electron chi connectivity index (χ3n) is 3.52. The van der Waals surface area contributed by atoms with E-state index in [4.69, 9.17) is 4.74 Å². The summed E-state index contributed by atoms with van der Waals surface area (Å²) in [6, 6.07) is 11.0. The van der Waals surface area contributed by atoms with Gasteiger partial charge >= 0.3 is 6.18 Å². The molecule has 0 radical (unpaired) electrons. The molecule has 0 aliphatic carbocycles. The van der Waals surface area contributed by atoms with Crippen molar-refractivity contribution in [2.75, 3.05) is 19.0 Å². The van der Waals surface area contributed by atoms with Crippen LogP contribution in [0.5, 0.6) is 0 Å². The molecule has 1 atom stereocenters. The zero-order chi connectivity index (χ0) is 17.7. The molecule has 1 N–H and O–H groups in total. The smallest absolute Gasteiger partial charge is 0.382 e. The first-order chi connectivity index (χ1) is 11.3. The summed E-state index contributed by atoms with van der Waals surface area (Å²) in [7, 11) is 1.43. The van der Waals surface area contributed by atoms with E-state index in [0.717, 1.165) is 17.7 Å². The molecule has 1 unspecified atom stereocenters. The van der Waals surface area contributed by atoms with E-state index < -0.39 is 23.6 Å². The SMILES string of the molecule is COCC(Nc1ccc(C)cc1)C(=O)c1cccc(C(F)(F)F)c1. The first-order valence-electron chi connectivity index (χ1n) is 7.35. The number of ether oxygens (including phenoxy) is 1. The number of carbonyl (C=O) groups excluding carboxylic acids is 1. The van der Waals surface area contributed by atoms with Crippen LogP contribution in [0, 0.1) is 6.92 Å². The largest absolute Gasteiger partial charge is 0.416 e. The minimum atomic E-state index is -4.49. The van der Waals surface area contributed by atoms with Gasteiger partial charge in [0.05, 0.1) is 12.2 Å². The number of halogens is 3. The molecule has 0 bridgehead atoms. The molecule has 2 rings (SSSR count). The molecule has 6 heteroatoms. The van der Waals surface area contributed by atoms with Gasteiger partial charge in [0.15, 0.2) is 5.78 Å². The number of ketones is 1. The lowest BCUT2D eigenvalue weighted by Gasteiger charge is -2.19. The maximum absolute atomic E-state index is 12.8. The zero-order valence-corrected chi connectivity index (χ0v) is 13.4. The van der Waals surface area contributed by atoms with Crippen molar-refractivity contribution in [2.45, 2.75) is 19.1 Å². The second-order valence-electron chi connectivity index (χ2n) is 5.46. The van der Waals surface area contributed by atoms with Crippen molar-refractivity contribution in [3.63, 3.8) is 0 Å². The first-order valence-corrected chi connectivity index (χ1v) is 7.35. The van der Waals surface area contributed by atoms with E-state index in [1.54, 1.807) is 12.1 Å². The van der Waals surface area contributed by atoms with Crippen LogP contribution in [0.15, 0.2) is 48.5 Å². The number of hydrogen-bond acceptors (Lipinski definition) is 3. The Kier molecular flexibility index (Phi) is 5.62. The molecule has 0 aromatic heterocycles. The molecule has 2 aromatic rings. The lowest BCUT2D eigenvalue weighted by atomic mass is 10.0. The maximum atomic E-state index is 12.8. The highest BCUT2D eigenvalue weighted by atomic mass is 19.4. The Morgan fingerprint density at radius 1 is 1.17 bits per heavy atom. The number of anilines is 1. The van der Waals surface area contributed by atoms with Gasteiger partial charge in [-0.1, -0.05) is 29.8 Å². The van der Waals surface area contributed by atoms with Gasteiger partial charge < -0.3 is 10.1 Å². The zero-order valence-electron chi connectivity index (χ0n) is 13.4. The summed E-state index contributed by atoms with van der Waals surface area (Å²) in [5.74, 6) is -0.455. The van der Waals surface area contributed by atoms with Gasteiger partial charge in [-0.25, -0.2) is 0 Å². The Bertz CT molecular complexity index is 696. The number of aryl methyl sites for hydroxylation is 1. The molecule has 2 aromatic carbocycles. The average molecular weight is 337 g/mol. The van der Waals surface area contributed by atoms with Crippen LogP contribution < -0.4 is 5.32 Å². The molecule has 0 heterocycles. The van der Waals surface area contributed by atoms with E-state index in [2.05, 4.69) is 5.32 Å². The number of Topliss-reactive ketones (excluding diaryl/α,β-unsaturated/α-hetero) is 1. The van der Waals surface area contributed by atoms with Gasteiger partial charge in [-0.15, -0.1) is 0 Å². The van der Waals surface area contributed by atoms with Crippen molar-refractivity contribution >= 4 is 11.5 Å². The second-order valence-corrected chi connectivity index (χ2v) is 5.46. The van der Waals surface area contributed by atoms with Crippen LogP contribution in [0.2, 0.25) is 0 Å². The highest BCUT2D eigenvalue weighted by Gasteiger charge is 2.31. The highest BCUT2D eigenvalue weighted by Crippen LogP contribution is 2.29. The standard InChI is InChI=1S/C18H18F3NO2/c1-12-6-8-15(9-7-12)22-16(11-24-2)17(23)13-4-3-5-14(10-13)18(19,20)21/h3-10,16,22H,11H2,1-2H3. The summed E-state index contributed by atoms with van der Waals surface area (Å²) < 4.78 is 43.5. The van der Waals surface area contributed by atoms with Gasteiger partial charge in [0.2, 0.25) is 0 Å². The van der Waals surface area contributed by atoms with Crippen molar-refractivity contribution in [3.05, 3.63) is 65.2 Å². The molecule has 0 aliphatic rings. The number of benzene rings is 2. The molecule has 0 spiro atoms. The lowest BCUT2D eigenvalue weighted by Crippen LogP contribution is -2.34. The number of carbonyl (C=O) groups is 1. The Morgan fingerprint density at radius 2 is 1.83 bits per heavy atom. The van der Waals surface area contributed by atoms with E-state index in [1.165, 1.54) is 19.2 Å². The summed E-state index contributed by atoms with van der Waals surface area (Å²) >= 11 is 0. The van der Waals surface area contributed by atoms with Crippen LogP contribution in [0.25, 0.3) is 0 Å². The minimum absolute atomic E-state index is 0.00788. The van der Waals surface area contributed by atoms with Crippen molar-refractivity contribution in [3.8, 4) is 0 Å². The summed E-state index contributed by atoms with van der Waals surface area (Å²) in [6.45, 7) is 1.98. The molecule has 3 nitrogen and oxygen atoms in total. The fourth-order valence-corrected chi connectivity index (χ4v) is 2.25. The Hall–Kier alpha value is -2.34. The van der Waals surface area contributed by atoms with E-state index >= 15 is 0 Å². The lowest BCUT2D eigenvalue weighted by molar-refractivity contribution is -0.137. The highest BCUT2D eigenvalue weighted by molar-refractivity contribution is 6.02. The third kappa shape index (κ3) is 4.58. The molecule has 128 valence electrons. The molecular weight excluding hydrogens is 319 g/mol. The predicted octanol–water partition coefficient (Wildman–Crippen LogP) is 4.32. The molecular formula is C18H18F3NO2. The quantitative estimate of drug-likeness (QED) is 0.798. The second kappa shape index (κ2) is 7.49. The topological polar surface area (TPSA) is 38.3 Å². The monoisotopic (exact) mass is 337 g/mol. The van der Waals surface area contributed by atoms with Crippen LogP contribution in [-0.4, -0.2) is 25.5 Å². The average Bonchev–Trinajstić information content (AvgIpc) is 2.55. The summed E-state index contributed by atoms with van der Waals surface area (Å²) in [5, 5.41) is 3.01. The Morgan fingerprint density at radius 3 is 2.42 bits per heavy atom. The predicted molar refractivity (Wildman–Crippen MR) is 86.2 cm³/mol. The molecule has 0 saturated carbocycles. The Balaban J connectivity index is 2.24. The van der Waals surface area contributed by atoms with Crippen molar-refractivity contribution < 1.29 is 22.7 Å². The van der Waals surface area contributed by atoms with Gasteiger partial charge in [0.1, 0.15) is 6.04 Å². The number of nitrogens with one attached hydrogen (secondary N) is 1. The van der Waals surface area contributed by atoms with Gasteiger partial charge in [-0.2, -0.15) is 13.2 Å². The molecule has 24 heavy (non-hydrogen) atoms. The normalized spacial score (nSPS) is 12.7. The van der Waals surface area contributed by atoms with Gasteiger partial charge in [-0.3, -0.25) is 4.79 Å². The third-order valence-corrected chi connectivity index (χ3v) is 3.52. The van der Waals surface area contributed by atoms with Crippen molar-refractivity contribution in [2.24, 2.45) is 0 Å². The summed E-state index contributed by atoms with van der Waals surface area (Å²) in [6.07, 6.45) is -4.49. The van der Waals surface area contributed by atoms with Crippen molar-refractivity contribution in [1.29, 1.82) is 0 Å². The number of methoxy groups -OCH3 is 1. The first kappa shape index (κ1) is 18.0. The number of hydrogen-bond donors (Lipinski definition) is 1. The number of alkyl halides is 3. The maximum Gasteiger partial charge on any atom is 0.416 e. The fourth-order valence-electron chi connectivity index (χ4n) is 2.25. The van der Waals surface area contributed by atoms with Gasteiger partial charge in [0.25, 0.3) is 0 Å². The van der Waals surface area contributed by atoms with Crippen molar-refractivity contribution in [1.82, 2.24) is 0 Å². The number of rotatable bonds is 6. The van der Waals surface area contributed by atoms with E-state index in [1.807, 2.05) is 19.1 Å². The van der Waals surface area contributed by atoms with Crippen LogP contribution in [0.3, 0.4) is 0 Å². The fraction of sp³-hybridized carbons (Fsp3) is 0.278. The molecule has 0 fully saturated rings. The van der Waals surface area contributed by atoms with Crippen LogP contribution in [-0.2, 0) is 10.9 Å². The van der Waals surface area contributed by atoms with E-state index in [0.29, 0.717) is 5.69 Å². The Labute approximate surface area is 138 Å². The molecule has 0 aliphatic heterocycles. The minimum Gasteiger partial charge on any atom is -0.382 e. The van der Waals surface area contributed by atoms with Crippen LogP contribution >= 0.6 is 0 Å². The van der Waals surface area contributed by atoms with Crippen LogP contribution in [0.4, 0.5) is 18.9 Å². The van der Waals surface area contributed by atoms with Gasteiger partial charge in [0, 0.05) is 18.4 Å².